The van der Waals surface area contributed by atoms with Gasteiger partial charge in [-0.15, -0.1) is 0 Å². The molecule has 1 N–H and O–H groups in total. The number of halogens is 1. The van der Waals surface area contributed by atoms with Crippen LogP contribution in [0, 0.1) is 0 Å². The Morgan fingerprint density at radius 1 is 1.38 bits per heavy atom. The fraction of sp³-hybridized carbons (Fsp3) is 0.562. The molecule has 0 saturated carbocycles. The molecule has 1 atom stereocenters. The Morgan fingerprint density at radius 3 is 2.76 bits per heavy atom. The maximum atomic E-state index is 12.1. The average Bonchev–Trinajstić information content (AvgIpc) is 2.53. The second-order valence-electron chi connectivity index (χ2n) is 5.42. The topological polar surface area (TPSA) is 41.6 Å². The van der Waals surface area contributed by atoms with Crippen molar-refractivity contribution in [2.45, 2.75) is 32.2 Å². The van der Waals surface area contributed by atoms with Gasteiger partial charge in [-0.05, 0) is 51.4 Å². The van der Waals surface area contributed by atoms with E-state index < -0.39 is 0 Å². The predicted molar refractivity (Wildman–Crippen MR) is 84.9 cm³/mol. The quantitative estimate of drug-likeness (QED) is 0.909. The van der Waals surface area contributed by atoms with Gasteiger partial charge in [-0.3, -0.25) is 4.79 Å². The van der Waals surface area contributed by atoms with Gasteiger partial charge in [-0.1, -0.05) is 11.6 Å². The van der Waals surface area contributed by atoms with Gasteiger partial charge in [0.05, 0.1) is 0 Å². The zero-order valence-electron chi connectivity index (χ0n) is 12.7. The van der Waals surface area contributed by atoms with Crippen molar-refractivity contribution >= 4 is 17.5 Å². The molecule has 0 radical (unpaired) electrons. The molecule has 0 aromatic heterocycles. The van der Waals surface area contributed by atoms with E-state index >= 15 is 0 Å². The van der Waals surface area contributed by atoms with Crippen LogP contribution >= 0.6 is 11.6 Å². The highest BCUT2D eigenvalue weighted by atomic mass is 35.5. The first-order chi connectivity index (χ1) is 10.1. The van der Waals surface area contributed by atoms with Gasteiger partial charge in [0.2, 0.25) is 0 Å². The number of ether oxygens (including phenoxy) is 1. The van der Waals surface area contributed by atoms with Crippen LogP contribution in [0.15, 0.2) is 18.2 Å². The predicted octanol–water partition coefficient (Wildman–Crippen LogP) is 3.01. The third-order valence-electron chi connectivity index (χ3n) is 3.93. The van der Waals surface area contributed by atoms with E-state index in [4.69, 9.17) is 16.3 Å². The largest absolute Gasteiger partial charge is 0.483 e. The van der Waals surface area contributed by atoms with Crippen molar-refractivity contribution in [1.82, 2.24) is 10.2 Å². The van der Waals surface area contributed by atoms with Gasteiger partial charge in [-0.2, -0.15) is 0 Å². The van der Waals surface area contributed by atoms with Gasteiger partial charge in [0.15, 0.2) is 6.61 Å². The van der Waals surface area contributed by atoms with E-state index in [0.717, 1.165) is 31.5 Å². The molecule has 4 nitrogen and oxygen atoms in total. The number of hydrogen-bond donors (Lipinski definition) is 1. The number of carbonyl (C=O) groups excluding carboxylic acids is 1. The van der Waals surface area contributed by atoms with Crippen LogP contribution in [0.1, 0.15) is 37.8 Å². The lowest BCUT2D eigenvalue weighted by Crippen LogP contribution is -2.38. The molecule has 116 valence electrons. The monoisotopic (exact) mass is 310 g/mol. The molecule has 1 heterocycles. The van der Waals surface area contributed by atoms with Crippen molar-refractivity contribution < 1.29 is 9.53 Å². The lowest BCUT2D eigenvalue weighted by molar-refractivity contribution is -0.134. The molecule has 1 aromatic carbocycles. The Labute approximate surface area is 131 Å². The van der Waals surface area contributed by atoms with E-state index in [1.807, 2.05) is 31.0 Å². The molecule has 1 aliphatic rings. The van der Waals surface area contributed by atoms with Crippen LogP contribution in [0.3, 0.4) is 0 Å². The van der Waals surface area contributed by atoms with Gasteiger partial charge < -0.3 is 15.0 Å². The summed E-state index contributed by atoms with van der Waals surface area (Å²) >= 11 is 6.04. The molecule has 0 spiro atoms. The van der Waals surface area contributed by atoms with E-state index in [1.165, 1.54) is 6.42 Å². The minimum atomic E-state index is 0.0627. The highest BCUT2D eigenvalue weighted by Crippen LogP contribution is 2.28. The molecule has 5 heteroatoms. The summed E-state index contributed by atoms with van der Waals surface area (Å²) in [6, 6.07) is 5.61. The highest BCUT2D eigenvalue weighted by molar-refractivity contribution is 6.30. The fourth-order valence-corrected chi connectivity index (χ4v) is 2.70. The molecular formula is C16H23ClN2O2. The maximum Gasteiger partial charge on any atom is 0.260 e. The van der Waals surface area contributed by atoms with Crippen LogP contribution in [0.25, 0.3) is 0 Å². The van der Waals surface area contributed by atoms with Gasteiger partial charge in [0.1, 0.15) is 5.75 Å². The lowest BCUT2D eigenvalue weighted by Gasteiger charge is -2.27. The Balaban J connectivity index is 2.00. The minimum Gasteiger partial charge on any atom is -0.483 e. The van der Waals surface area contributed by atoms with E-state index in [1.54, 1.807) is 6.07 Å². The van der Waals surface area contributed by atoms with Gasteiger partial charge in [0.25, 0.3) is 5.91 Å². The normalized spacial score (nSPS) is 16.6. The number of likely N-dealkylation sites (tertiary alicyclic amines) is 1. The van der Waals surface area contributed by atoms with Crippen LogP contribution in [0.4, 0.5) is 0 Å². The number of hydrogen-bond acceptors (Lipinski definition) is 3. The summed E-state index contributed by atoms with van der Waals surface area (Å²) in [6.07, 6.45) is 3.40. The van der Waals surface area contributed by atoms with Crippen LogP contribution in [-0.4, -0.2) is 37.6 Å². The van der Waals surface area contributed by atoms with Crippen LogP contribution in [-0.2, 0) is 4.79 Å². The number of piperidine rings is 1. The van der Waals surface area contributed by atoms with E-state index in [9.17, 15) is 4.79 Å². The Morgan fingerprint density at radius 2 is 2.10 bits per heavy atom. The van der Waals surface area contributed by atoms with Crippen LogP contribution in [0.5, 0.6) is 5.75 Å². The van der Waals surface area contributed by atoms with Gasteiger partial charge in [-0.25, -0.2) is 0 Å². The van der Waals surface area contributed by atoms with Crippen molar-refractivity contribution in [3.63, 3.8) is 0 Å². The standard InChI is InChI=1S/C16H23ClN2O2/c1-12(18-2)14-10-13(17)6-7-15(14)21-11-16(20)19-8-4-3-5-9-19/h6-7,10,12,18H,3-5,8-9,11H2,1-2H3. The Kier molecular flexibility index (Phi) is 5.88. The third kappa shape index (κ3) is 4.35. The summed E-state index contributed by atoms with van der Waals surface area (Å²) in [5.74, 6) is 0.777. The molecule has 1 fully saturated rings. The molecule has 1 aromatic rings. The molecular weight excluding hydrogens is 288 g/mol. The summed E-state index contributed by atoms with van der Waals surface area (Å²) in [5.41, 5.74) is 0.969. The second kappa shape index (κ2) is 7.66. The first kappa shape index (κ1) is 16.1. The number of amides is 1. The lowest BCUT2D eigenvalue weighted by atomic mass is 10.1. The van der Waals surface area contributed by atoms with Crippen LogP contribution in [0.2, 0.25) is 5.02 Å². The molecule has 21 heavy (non-hydrogen) atoms. The first-order valence-electron chi connectivity index (χ1n) is 7.49. The fourth-order valence-electron chi connectivity index (χ4n) is 2.52. The van der Waals surface area contributed by atoms with E-state index in [2.05, 4.69) is 5.32 Å². The zero-order valence-corrected chi connectivity index (χ0v) is 13.4. The van der Waals surface area contributed by atoms with Crippen molar-refractivity contribution in [3.8, 4) is 5.75 Å². The molecule has 0 bridgehead atoms. The Hall–Kier alpha value is -1.26. The van der Waals surface area contributed by atoms with E-state index in [-0.39, 0.29) is 18.6 Å². The number of rotatable bonds is 5. The molecule has 1 unspecified atom stereocenters. The summed E-state index contributed by atoms with van der Waals surface area (Å²) < 4.78 is 5.74. The van der Waals surface area contributed by atoms with Crippen molar-refractivity contribution in [3.05, 3.63) is 28.8 Å². The number of nitrogens with one attached hydrogen (secondary N) is 1. The SMILES string of the molecule is CNC(C)c1cc(Cl)ccc1OCC(=O)N1CCCCC1. The summed E-state index contributed by atoms with van der Waals surface area (Å²) in [7, 11) is 1.88. The smallest absolute Gasteiger partial charge is 0.260 e. The molecule has 1 amide bonds. The first-order valence-corrected chi connectivity index (χ1v) is 7.87. The third-order valence-corrected chi connectivity index (χ3v) is 4.17. The maximum absolute atomic E-state index is 12.1. The summed E-state index contributed by atoms with van der Waals surface area (Å²) in [5, 5.41) is 3.83. The number of benzene rings is 1. The highest BCUT2D eigenvalue weighted by Gasteiger charge is 2.18. The minimum absolute atomic E-state index is 0.0627. The number of carbonyl (C=O) groups is 1. The average molecular weight is 311 g/mol. The van der Waals surface area contributed by atoms with Gasteiger partial charge >= 0.3 is 0 Å². The Bertz CT molecular complexity index is 487. The molecule has 1 saturated heterocycles. The molecule has 0 aliphatic carbocycles. The van der Waals surface area contributed by atoms with Crippen molar-refractivity contribution in [1.29, 1.82) is 0 Å². The van der Waals surface area contributed by atoms with Gasteiger partial charge in [0, 0.05) is 29.7 Å². The summed E-state index contributed by atoms with van der Waals surface area (Å²) in [6.45, 7) is 3.82. The van der Waals surface area contributed by atoms with Crippen molar-refractivity contribution in [2.24, 2.45) is 0 Å². The van der Waals surface area contributed by atoms with E-state index in [0.29, 0.717) is 10.8 Å². The van der Waals surface area contributed by atoms with Crippen molar-refractivity contribution in [2.75, 3.05) is 26.7 Å². The number of nitrogens with zero attached hydrogens (tertiary/aromatic N) is 1. The molecule has 1 aliphatic heterocycles. The zero-order chi connectivity index (χ0) is 15.2. The second-order valence-corrected chi connectivity index (χ2v) is 5.86. The molecule has 2 rings (SSSR count). The van der Waals surface area contributed by atoms with Crippen LogP contribution < -0.4 is 10.1 Å². The summed E-state index contributed by atoms with van der Waals surface area (Å²) in [4.78, 5) is 14.0.